The van der Waals surface area contributed by atoms with Gasteiger partial charge in [0.15, 0.2) is 0 Å². The fourth-order valence-corrected chi connectivity index (χ4v) is 5.46. The van der Waals surface area contributed by atoms with Gasteiger partial charge in [-0.25, -0.2) is 3.97 Å². The van der Waals surface area contributed by atoms with Gasteiger partial charge in [-0.05, 0) is 12.1 Å². The van der Waals surface area contributed by atoms with Crippen molar-refractivity contribution >= 4 is 22.8 Å². The second-order valence-corrected chi connectivity index (χ2v) is 9.80. The maximum absolute atomic E-state index is 12.9. The van der Waals surface area contributed by atoms with Gasteiger partial charge in [0.05, 0.1) is 6.26 Å². The monoisotopic (exact) mass is 276 g/mol. The van der Waals surface area contributed by atoms with Crippen LogP contribution in [0.3, 0.4) is 0 Å². The lowest BCUT2D eigenvalue weighted by Crippen LogP contribution is -2.26. The minimum Gasteiger partial charge on any atom is -0.286 e. The van der Waals surface area contributed by atoms with Crippen LogP contribution in [-0.2, 0) is 18.7 Å². The standard InChI is InChI=1S/C11H17O4PS/c1-11(2,3)16(12,15-17(4,13)14)10-8-6-5-7-9-10/h5-9H,1-4H3. The van der Waals surface area contributed by atoms with Crippen molar-refractivity contribution in [3.05, 3.63) is 30.3 Å². The van der Waals surface area contributed by atoms with Crippen LogP contribution in [0.2, 0.25) is 0 Å². The third kappa shape index (κ3) is 3.41. The molecule has 0 fully saturated rings. The van der Waals surface area contributed by atoms with Gasteiger partial charge in [-0.1, -0.05) is 39.0 Å². The molecule has 6 heteroatoms. The van der Waals surface area contributed by atoms with Gasteiger partial charge in [-0.2, -0.15) is 8.42 Å². The van der Waals surface area contributed by atoms with E-state index in [-0.39, 0.29) is 0 Å². The molecule has 0 aliphatic carbocycles. The SMILES string of the molecule is CC(C)(C)P(=O)(OS(C)(=O)=O)c1ccccc1. The molecule has 0 heterocycles. The van der Waals surface area contributed by atoms with Crippen LogP contribution < -0.4 is 5.30 Å². The molecule has 1 rings (SSSR count). The Kier molecular flexibility index (Phi) is 3.87. The number of benzene rings is 1. The summed E-state index contributed by atoms with van der Waals surface area (Å²) < 4.78 is 40.3. The van der Waals surface area contributed by atoms with Gasteiger partial charge in [0.2, 0.25) is 0 Å². The molecule has 0 amide bonds. The van der Waals surface area contributed by atoms with E-state index in [0.717, 1.165) is 6.26 Å². The first-order valence-electron chi connectivity index (χ1n) is 5.13. The van der Waals surface area contributed by atoms with Gasteiger partial charge < -0.3 is 0 Å². The molecule has 0 spiro atoms. The van der Waals surface area contributed by atoms with Crippen LogP contribution in [0.15, 0.2) is 30.3 Å². The Hall–Kier alpha value is -0.640. The van der Waals surface area contributed by atoms with E-state index in [4.69, 9.17) is 3.97 Å². The van der Waals surface area contributed by atoms with E-state index < -0.39 is 22.6 Å². The third-order valence-corrected chi connectivity index (χ3v) is 6.89. The van der Waals surface area contributed by atoms with Crippen LogP contribution in [0.5, 0.6) is 0 Å². The summed E-state index contributed by atoms with van der Waals surface area (Å²) >= 11 is 0. The lowest BCUT2D eigenvalue weighted by molar-refractivity contribution is 0.448. The van der Waals surface area contributed by atoms with E-state index in [1.165, 1.54) is 0 Å². The maximum atomic E-state index is 12.9. The average molecular weight is 276 g/mol. The van der Waals surface area contributed by atoms with Crippen molar-refractivity contribution in [3.63, 3.8) is 0 Å². The maximum Gasteiger partial charge on any atom is 0.270 e. The predicted octanol–water partition coefficient (Wildman–Crippen LogP) is 2.36. The zero-order valence-corrected chi connectivity index (χ0v) is 12.1. The zero-order valence-electron chi connectivity index (χ0n) is 10.4. The largest absolute Gasteiger partial charge is 0.286 e. The van der Waals surface area contributed by atoms with E-state index >= 15 is 0 Å². The minimum atomic E-state index is -3.78. The normalized spacial score (nSPS) is 16.5. The van der Waals surface area contributed by atoms with Crippen molar-refractivity contribution in [2.75, 3.05) is 6.26 Å². The van der Waals surface area contributed by atoms with Gasteiger partial charge in [0, 0.05) is 10.5 Å². The second kappa shape index (κ2) is 4.56. The molecule has 1 aromatic rings. The van der Waals surface area contributed by atoms with Gasteiger partial charge in [-0.15, -0.1) is 0 Å². The number of rotatable bonds is 3. The van der Waals surface area contributed by atoms with Crippen molar-refractivity contribution in [1.82, 2.24) is 0 Å². The minimum absolute atomic E-state index is 0.415. The molecular weight excluding hydrogens is 259 g/mol. The molecule has 0 aliphatic rings. The summed E-state index contributed by atoms with van der Waals surface area (Å²) in [4.78, 5) is 0. The first kappa shape index (κ1) is 14.4. The molecular formula is C11H17O4PS. The van der Waals surface area contributed by atoms with Gasteiger partial charge in [-0.3, -0.25) is 4.57 Å². The summed E-state index contributed by atoms with van der Waals surface area (Å²) in [6.07, 6.45) is 0.911. The average Bonchev–Trinajstić information content (AvgIpc) is 2.14. The van der Waals surface area contributed by atoms with Gasteiger partial charge >= 0.3 is 0 Å². The molecule has 0 radical (unpaired) electrons. The quantitative estimate of drug-likeness (QED) is 0.795. The first-order valence-corrected chi connectivity index (χ1v) is 8.57. The topological polar surface area (TPSA) is 60.4 Å². The lowest BCUT2D eigenvalue weighted by Gasteiger charge is -2.29. The van der Waals surface area contributed by atoms with Crippen molar-refractivity contribution in [1.29, 1.82) is 0 Å². The zero-order chi connectivity index (χ0) is 13.3. The molecule has 0 saturated carbocycles. The summed E-state index contributed by atoms with van der Waals surface area (Å²) in [7, 11) is -7.24. The lowest BCUT2D eigenvalue weighted by atomic mass is 10.3. The first-order chi connectivity index (χ1) is 7.56. The summed E-state index contributed by atoms with van der Waals surface area (Å²) in [5.41, 5.74) is 0. The van der Waals surface area contributed by atoms with Crippen LogP contribution >= 0.6 is 7.37 Å². The molecule has 4 nitrogen and oxygen atoms in total. The van der Waals surface area contributed by atoms with Crippen LogP contribution in [0, 0.1) is 0 Å². The Bertz CT molecular complexity index is 528. The second-order valence-electron chi connectivity index (χ2n) is 4.84. The number of hydrogen-bond acceptors (Lipinski definition) is 4. The fraction of sp³-hybridized carbons (Fsp3) is 0.455. The van der Waals surface area contributed by atoms with Gasteiger partial charge in [0.1, 0.15) is 0 Å². The number of hydrogen-bond donors (Lipinski definition) is 0. The smallest absolute Gasteiger partial charge is 0.270 e. The van der Waals surface area contributed by atoms with Crippen molar-refractivity contribution in [2.45, 2.75) is 25.9 Å². The summed E-state index contributed by atoms with van der Waals surface area (Å²) in [5, 5.41) is -0.366. The molecule has 1 atom stereocenters. The summed E-state index contributed by atoms with van der Waals surface area (Å²) in [6, 6.07) is 8.43. The highest BCUT2D eigenvalue weighted by Gasteiger charge is 2.42. The highest BCUT2D eigenvalue weighted by molar-refractivity contribution is 7.92. The summed E-state index contributed by atoms with van der Waals surface area (Å²) in [6.45, 7) is 5.10. The molecule has 0 saturated heterocycles. The van der Waals surface area contributed by atoms with E-state index in [9.17, 15) is 13.0 Å². The van der Waals surface area contributed by atoms with Crippen molar-refractivity contribution in [2.24, 2.45) is 0 Å². The molecule has 96 valence electrons. The van der Waals surface area contributed by atoms with E-state index in [2.05, 4.69) is 0 Å². The van der Waals surface area contributed by atoms with Crippen LogP contribution in [-0.4, -0.2) is 19.8 Å². The van der Waals surface area contributed by atoms with Gasteiger partial charge in [0.25, 0.3) is 17.5 Å². The van der Waals surface area contributed by atoms with Crippen LogP contribution in [0.25, 0.3) is 0 Å². The molecule has 1 unspecified atom stereocenters. The van der Waals surface area contributed by atoms with Crippen molar-refractivity contribution < 1.29 is 17.0 Å². The summed E-state index contributed by atoms with van der Waals surface area (Å²) in [5.74, 6) is 0. The Labute approximate surface area is 103 Å². The van der Waals surface area contributed by atoms with E-state index in [0.29, 0.717) is 5.30 Å². The molecule has 0 bridgehead atoms. The van der Waals surface area contributed by atoms with Crippen LogP contribution in [0.1, 0.15) is 20.8 Å². The molecule has 0 aromatic heterocycles. The van der Waals surface area contributed by atoms with Crippen LogP contribution in [0.4, 0.5) is 0 Å². The van der Waals surface area contributed by atoms with Crippen molar-refractivity contribution in [3.8, 4) is 0 Å². The Balaban J connectivity index is 3.37. The third-order valence-electron chi connectivity index (χ3n) is 2.22. The Morgan fingerprint density at radius 2 is 1.59 bits per heavy atom. The highest BCUT2D eigenvalue weighted by Crippen LogP contribution is 2.58. The Morgan fingerprint density at radius 1 is 1.12 bits per heavy atom. The molecule has 1 aromatic carbocycles. The molecule has 0 aliphatic heterocycles. The molecule has 0 N–H and O–H groups in total. The highest BCUT2D eigenvalue weighted by atomic mass is 32.2. The fourth-order valence-electron chi connectivity index (χ4n) is 1.36. The molecule has 17 heavy (non-hydrogen) atoms. The van der Waals surface area contributed by atoms with E-state index in [1.54, 1.807) is 51.1 Å². The van der Waals surface area contributed by atoms with E-state index in [1.807, 2.05) is 0 Å². The Morgan fingerprint density at radius 3 is 1.94 bits per heavy atom. The predicted molar refractivity (Wildman–Crippen MR) is 69.4 cm³/mol.